The maximum absolute atomic E-state index is 13.9. The smallest absolute Gasteiger partial charge is 0.410 e. The number of aromatic hydroxyl groups is 1. The van der Waals surface area contributed by atoms with Crippen molar-refractivity contribution in [3.05, 3.63) is 130 Å². The Labute approximate surface area is 514 Å². The van der Waals surface area contributed by atoms with Crippen LogP contribution >= 0.6 is 11.3 Å². The van der Waals surface area contributed by atoms with Crippen molar-refractivity contribution in [2.24, 2.45) is 16.2 Å². The topological polar surface area (TPSA) is 276 Å². The third-order valence-electron chi connectivity index (χ3n) is 18.1. The minimum atomic E-state index is -3.70. The molecule has 22 nitrogen and oxygen atoms in total. The highest BCUT2D eigenvalue weighted by atomic mass is 32.2. The molecule has 2 unspecified atom stereocenters. The number of ether oxygens (including phenoxy) is 2. The van der Waals surface area contributed by atoms with Gasteiger partial charge in [0.25, 0.3) is 17.7 Å². The van der Waals surface area contributed by atoms with Gasteiger partial charge < -0.3 is 34.8 Å². The molecule has 88 heavy (non-hydrogen) atoms. The van der Waals surface area contributed by atoms with Gasteiger partial charge in [0.05, 0.1) is 34.4 Å². The van der Waals surface area contributed by atoms with Gasteiger partial charge in [0.2, 0.25) is 15.9 Å². The average Bonchev–Trinajstić information content (AvgIpc) is 1.00. The number of para-hydroxylation sites is 1. The molecule has 6 aromatic rings. The zero-order chi connectivity index (χ0) is 62.3. The highest BCUT2D eigenvalue weighted by Crippen LogP contribution is 2.72. The summed E-state index contributed by atoms with van der Waals surface area (Å²) < 4.78 is 42.9. The van der Waals surface area contributed by atoms with E-state index in [9.17, 15) is 47.4 Å². The second-order valence-corrected chi connectivity index (χ2v) is 28.8. The van der Waals surface area contributed by atoms with Crippen LogP contribution in [0.1, 0.15) is 114 Å². The number of nitrogens with zero attached hydrogens (tertiary/aromatic N) is 8. The van der Waals surface area contributed by atoms with Crippen molar-refractivity contribution in [3.63, 3.8) is 0 Å². The van der Waals surface area contributed by atoms with Crippen LogP contribution < -0.4 is 15.5 Å². The molecule has 4 saturated carbocycles. The Morgan fingerprint density at radius 1 is 0.864 bits per heavy atom. The van der Waals surface area contributed by atoms with E-state index in [0.29, 0.717) is 85.1 Å². The first kappa shape index (κ1) is 61.6. The summed E-state index contributed by atoms with van der Waals surface area (Å²) in [5.41, 5.74) is 5.33. The number of pyridine rings is 1. The van der Waals surface area contributed by atoms with Crippen molar-refractivity contribution >= 4 is 78.2 Å². The van der Waals surface area contributed by atoms with Gasteiger partial charge in [-0.15, -0.1) is 0 Å². The fourth-order valence-electron chi connectivity index (χ4n) is 15.1. The number of aromatic carboxylic acids is 1. The molecule has 5 amide bonds. The third-order valence-corrected chi connectivity index (χ3v) is 20.9. The van der Waals surface area contributed by atoms with Crippen molar-refractivity contribution in [3.8, 4) is 16.9 Å². The van der Waals surface area contributed by atoms with Crippen LogP contribution in [0.3, 0.4) is 0 Å². The molecule has 464 valence electrons. The molecule has 12 rings (SSSR count). The molecule has 0 saturated heterocycles. The summed E-state index contributed by atoms with van der Waals surface area (Å²) in [6.07, 6.45) is 11.0. The van der Waals surface area contributed by atoms with Crippen LogP contribution in [0.15, 0.2) is 91.1 Å². The Hall–Kier alpha value is -8.06. The summed E-state index contributed by atoms with van der Waals surface area (Å²) in [5.74, 6) is -2.86. The number of nitrogens with one attached hydrogen (secondary N) is 2. The largest absolute Gasteiger partial charge is 0.508 e. The van der Waals surface area contributed by atoms with Crippen LogP contribution in [0.4, 0.5) is 15.7 Å². The lowest BCUT2D eigenvalue weighted by Gasteiger charge is -2.69. The molecule has 5 heterocycles. The Bertz CT molecular complexity index is 3830. The molecular weight excluding hydrogens is 1160 g/mol. The van der Waals surface area contributed by atoms with E-state index in [-0.39, 0.29) is 72.2 Å². The number of carbonyl (C=O) groups is 6. The molecule has 4 N–H and O–H groups in total. The van der Waals surface area contributed by atoms with Gasteiger partial charge in [-0.3, -0.25) is 34.1 Å². The van der Waals surface area contributed by atoms with Gasteiger partial charge in [0, 0.05) is 93.5 Å². The van der Waals surface area contributed by atoms with E-state index in [1.165, 1.54) is 30.3 Å². The Morgan fingerprint density at radius 2 is 1.62 bits per heavy atom. The lowest BCUT2D eigenvalue weighted by atomic mass is 9.39. The van der Waals surface area contributed by atoms with E-state index >= 15 is 0 Å². The number of carboxylic acids is 1. The van der Waals surface area contributed by atoms with Gasteiger partial charge in [-0.05, 0) is 140 Å². The molecule has 2 atom stereocenters. The number of hydrogen-bond donors (Lipinski definition) is 4. The molecule has 3 aromatic carbocycles. The number of phenols is 1. The quantitative estimate of drug-likeness (QED) is 0.0329. The van der Waals surface area contributed by atoms with E-state index in [1.807, 2.05) is 65.0 Å². The summed E-state index contributed by atoms with van der Waals surface area (Å²) in [7, 11) is -0.827. The van der Waals surface area contributed by atoms with E-state index < -0.39 is 45.4 Å². The van der Waals surface area contributed by atoms with Crippen LogP contribution in [0, 0.1) is 23.2 Å². The lowest BCUT2D eigenvalue weighted by molar-refractivity contribution is -0.248. The number of amides is 5. The minimum Gasteiger partial charge on any atom is -0.508 e. The lowest BCUT2D eigenvalue weighted by Crippen LogP contribution is -2.64. The summed E-state index contributed by atoms with van der Waals surface area (Å²) >= 11 is 1.41. The number of imide groups is 1. The van der Waals surface area contributed by atoms with Crippen molar-refractivity contribution in [1.29, 1.82) is 0 Å². The van der Waals surface area contributed by atoms with Crippen molar-refractivity contribution in [2.45, 2.75) is 110 Å². The standard InChI is InChI=1S/C64H74N10O12S2/c1-41-47(45-18-19-52(68-56(45)58(80)81)72-24-22-43-12-10-13-46(48(43)31-72)57(79)69-59-67-49-14-6-7-15-51(49)87-59)30-66-74(41)40-63-35-61(2)34-62(3,36-63)38-64(37-61,39-63)86-27-25-71(26-28-88(83,84)70(4)5)60(82)85-33-44-17-16-42(29-50(44)75)11-8-9-23-65-53(76)32-73-54(77)20-21-55(73)78/h6-7,10,12-21,29-30,75H,8-9,11,22-28,31-40H2,1-5H3,(H,65,76)(H,80,81)(H,67,69,79). The van der Waals surface area contributed by atoms with Gasteiger partial charge in [0.15, 0.2) is 10.8 Å². The summed E-state index contributed by atoms with van der Waals surface area (Å²) in [6, 6.07) is 22.1. The second kappa shape index (κ2) is 24.5. The third kappa shape index (κ3) is 13.2. The Kier molecular flexibility index (Phi) is 17.1. The molecule has 6 aliphatic rings. The van der Waals surface area contributed by atoms with E-state index in [0.717, 1.165) is 92.5 Å². The number of fused-ring (bicyclic) bond motifs is 2. The zero-order valence-corrected chi connectivity index (χ0v) is 51.8. The van der Waals surface area contributed by atoms with Crippen LogP contribution in [0.2, 0.25) is 0 Å². The van der Waals surface area contributed by atoms with Crippen molar-refractivity contribution in [1.82, 2.24) is 39.2 Å². The van der Waals surface area contributed by atoms with E-state index in [2.05, 4.69) is 29.5 Å². The summed E-state index contributed by atoms with van der Waals surface area (Å²) in [6.45, 7) is 7.86. The molecular formula is C64H74N10O12S2. The number of phenolic OH excluding ortho intramolecular Hbond substituents is 1. The van der Waals surface area contributed by atoms with Gasteiger partial charge in [-0.25, -0.2) is 32.3 Å². The highest BCUT2D eigenvalue weighted by Gasteiger charge is 2.66. The minimum absolute atomic E-state index is 0.0520. The summed E-state index contributed by atoms with van der Waals surface area (Å²) in [4.78, 5) is 90.2. The first-order chi connectivity index (χ1) is 41.9. The molecule has 0 radical (unpaired) electrons. The monoisotopic (exact) mass is 1240 g/mol. The Balaban J connectivity index is 0.727. The van der Waals surface area contributed by atoms with Crippen molar-refractivity contribution < 1.29 is 56.9 Å². The van der Waals surface area contributed by atoms with Gasteiger partial charge in [-0.1, -0.05) is 61.6 Å². The fourth-order valence-corrected chi connectivity index (χ4v) is 16.8. The van der Waals surface area contributed by atoms with Crippen molar-refractivity contribution in [2.75, 3.05) is 69.4 Å². The molecule has 0 spiro atoms. The maximum Gasteiger partial charge on any atom is 0.410 e. The molecule has 24 heteroatoms. The van der Waals surface area contributed by atoms with Crippen LogP contribution in [0.25, 0.3) is 21.3 Å². The maximum atomic E-state index is 13.9. The van der Waals surface area contributed by atoms with Crippen LogP contribution in [-0.2, 0) is 66.4 Å². The summed E-state index contributed by atoms with van der Waals surface area (Å²) in [5, 5.41) is 32.9. The number of unbranched alkanes of at least 4 members (excludes halogenated alkanes) is 1. The Morgan fingerprint density at radius 3 is 2.35 bits per heavy atom. The predicted octanol–water partition coefficient (Wildman–Crippen LogP) is 8.11. The molecule has 4 fully saturated rings. The van der Waals surface area contributed by atoms with Gasteiger partial charge in [0.1, 0.15) is 24.7 Å². The van der Waals surface area contributed by atoms with Gasteiger partial charge >= 0.3 is 12.1 Å². The predicted molar refractivity (Wildman–Crippen MR) is 330 cm³/mol. The number of rotatable bonds is 24. The molecule has 4 bridgehead atoms. The second-order valence-electron chi connectivity index (χ2n) is 25.4. The number of anilines is 2. The SMILES string of the molecule is Cc1c(-c2ccc(N3CCc4cccc(C(=O)Nc5nc6ccccc6s5)c4C3)nc2C(=O)O)cnn1CC12CC3(C)CC(C)(C1)CC(OCCN(CCS(=O)(=O)N(C)C)C(=O)OCc1ccc(CCCCNC(=O)CN4C(=O)C=CC4=O)cc1O)(C3)C2. The number of carbonyl (C=O) groups excluding carboxylic acids is 5. The number of hydrogen-bond acceptors (Lipinski definition) is 16. The van der Waals surface area contributed by atoms with E-state index in [1.54, 1.807) is 30.5 Å². The number of benzene rings is 3. The van der Waals surface area contributed by atoms with Gasteiger partial charge in [-0.2, -0.15) is 5.10 Å². The first-order valence-electron chi connectivity index (χ1n) is 29.8. The fraction of sp³-hybridized carbons (Fsp3) is 0.453. The number of sulfonamides is 1. The highest BCUT2D eigenvalue weighted by molar-refractivity contribution is 7.89. The van der Waals surface area contributed by atoms with Crippen LogP contribution in [-0.4, -0.2) is 153 Å². The van der Waals surface area contributed by atoms with Crippen LogP contribution in [0.5, 0.6) is 5.75 Å². The molecule has 3 aromatic heterocycles. The first-order valence-corrected chi connectivity index (χ1v) is 32.2. The average molecular weight is 1240 g/mol. The molecule has 4 aliphatic carbocycles. The molecule has 2 aliphatic heterocycles. The number of aryl methyl sites for hydroxylation is 1. The van der Waals surface area contributed by atoms with E-state index in [4.69, 9.17) is 19.6 Å². The number of thiazole rings is 1. The number of carboxylic acid groups (broad SMARTS) is 1. The normalized spacial score (nSPS) is 22.0. The number of aromatic nitrogens is 4. The zero-order valence-electron chi connectivity index (χ0n) is 50.2.